The molecule has 1 aromatic rings. The Kier molecular flexibility index (Phi) is 6.34. The quantitative estimate of drug-likeness (QED) is 0.454. The van der Waals surface area contributed by atoms with Crippen LogP contribution in [0, 0.1) is 18.3 Å². The van der Waals surface area contributed by atoms with Crippen molar-refractivity contribution in [2.24, 2.45) is 10.9 Å². The van der Waals surface area contributed by atoms with E-state index in [0.29, 0.717) is 11.3 Å². The first-order chi connectivity index (χ1) is 11.5. The average Bonchev–Trinajstić information content (AvgIpc) is 3.41. The highest BCUT2D eigenvalue weighted by atomic mass is 16.5. The molecule has 0 aromatic heterocycles. The number of allylic oxidation sites excluding steroid dienone is 2. The summed E-state index contributed by atoms with van der Waals surface area (Å²) in [6.07, 6.45) is 9.50. The number of hydrogen-bond acceptors (Lipinski definition) is 4. The summed E-state index contributed by atoms with van der Waals surface area (Å²) < 4.78 is 5.19. The Hall–Kier alpha value is -2.38. The second-order valence-electron chi connectivity index (χ2n) is 6.05. The molecular formula is C20H24N2O2. The Balaban J connectivity index is 2.28. The van der Waals surface area contributed by atoms with E-state index < -0.39 is 6.17 Å². The van der Waals surface area contributed by atoms with Gasteiger partial charge in [0.25, 0.3) is 0 Å². The molecule has 0 radical (unpaired) electrons. The van der Waals surface area contributed by atoms with Crippen LogP contribution in [0.25, 0.3) is 0 Å². The molecule has 4 nitrogen and oxygen atoms in total. The molecule has 1 atom stereocenters. The van der Waals surface area contributed by atoms with Crippen LogP contribution in [-0.4, -0.2) is 31.3 Å². The summed E-state index contributed by atoms with van der Waals surface area (Å²) in [6.45, 7) is 4.20. The molecule has 126 valence electrons. The Morgan fingerprint density at radius 2 is 2.08 bits per heavy atom. The molecule has 0 amide bonds. The molecule has 1 saturated carbocycles. The molecule has 2 rings (SSSR count). The Morgan fingerprint density at radius 1 is 1.42 bits per heavy atom. The fraction of sp³-hybridized carbons (Fsp3) is 0.400. The summed E-state index contributed by atoms with van der Waals surface area (Å²) in [4.78, 5) is 16.2. The lowest BCUT2D eigenvalue weighted by Crippen LogP contribution is -2.29. The molecule has 0 aliphatic heterocycles. The van der Waals surface area contributed by atoms with Gasteiger partial charge in [0.1, 0.15) is 5.75 Å². The maximum absolute atomic E-state index is 11.6. The number of nitrogens with zero attached hydrogens (tertiary/aromatic N) is 1. The van der Waals surface area contributed by atoms with Crippen molar-refractivity contribution < 1.29 is 9.53 Å². The van der Waals surface area contributed by atoms with Crippen LogP contribution >= 0.6 is 0 Å². The van der Waals surface area contributed by atoms with Crippen LogP contribution in [0.3, 0.4) is 0 Å². The molecule has 1 aromatic carbocycles. The number of carbonyl (C=O) groups excluding carboxylic acids is 1. The summed E-state index contributed by atoms with van der Waals surface area (Å²) in [5.41, 5.74) is 2.23. The van der Waals surface area contributed by atoms with Gasteiger partial charge in [-0.05, 0) is 68.5 Å². The predicted octanol–water partition coefficient (Wildman–Crippen LogP) is 2.98. The van der Waals surface area contributed by atoms with Crippen LogP contribution in [-0.2, 0) is 4.79 Å². The summed E-state index contributed by atoms with van der Waals surface area (Å²) in [5.74, 6) is 4.17. The molecule has 0 spiro atoms. The van der Waals surface area contributed by atoms with Crippen LogP contribution in [0.15, 0.2) is 40.9 Å². The minimum atomic E-state index is -0.404. The Labute approximate surface area is 144 Å². The molecule has 1 fully saturated rings. The summed E-state index contributed by atoms with van der Waals surface area (Å²) >= 11 is 0. The van der Waals surface area contributed by atoms with E-state index in [9.17, 15) is 4.79 Å². The van der Waals surface area contributed by atoms with Gasteiger partial charge in [0.2, 0.25) is 0 Å². The van der Waals surface area contributed by atoms with Crippen molar-refractivity contribution in [2.45, 2.75) is 32.9 Å². The van der Waals surface area contributed by atoms with E-state index in [1.54, 1.807) is 27.0 Å². The van der Waals surface area contributed by atoms with Crippen LogP contribution in [0.1, 0.15) is 32.3 Å². The van der Waals surface area contributed by atoms with E-state index in [0.717, 1.165) is 23.8 Å². The number of methoxy groups -OCH3 is 1. The summed E-state index contributed by atoms with van der Waals surface area (Å²) in [5, 5.41) is 3.29. The van der Waals surface area contributed by atoms with Crippen molar-refractivity contribution in [1.82, 2.24) is 5.32 Å². The molecule has 0 heterocycles. The fourth-order valence-corrected chi connectivity index (χ4v) is 2.14. The zero-order valence-electron chi connectivity index (χ0n) is 14.5. The van der Waals surface area contributed by atoms with E-state index in [1.807, 2.05) is 24.3 Å². The van der Waals surface area contributed by atoms with Crippen LogP contribution in [0.4, 0.5) is 0 Å². The number of ketones is 1. The van der Waals surface area contributed by atoms with E-state index in [1.165, 1.54) is 12.8 Å². The van der Waals surface area contributed by atoms with Gasteiger partial charge in [-0.3, -0.25) is 15.1 Å². The highest BCUT2D eigenvalue weighted by molar-refractivity contribution is 6.12. The number of Topliss-reactive ketones (excluding diaryl/α,β-unsaturated/α-hetero) is 1. The van der Waals surface area contributed by atoms with Gasteiger partial charge in [0.15, 0.2) is 11.9 Å². The SMILES string of the molecule is C#CC(/N=C(\C=C(/C)C(C)=O)c1ccc(OC)cc1)NCC1CC1. The predicted molar refractivity (Wildman–Crippen MR) is 97.3 cm³/mol. The van der Waals surface area contributed by atoms with Crippen molar-refractivity contribution in [3.8, 4) is 18.1 Å². The molecular weight excluding hydrogens is 300 g/mol. The molecule has 0 bridgehead atoms. The van der Waals surface area contributed by atoms with Gasteiger partial charge in [-0.15, -0.1) is 6.42 Å². The zero-order chi connectivity index (χ0) is 17.5. The largest absolute Gasteiger partial charge is 0.497 e. The monoisotopic (exact) mass is 324 g/mol. The second kappa shape index (κ2) is 8.47. The molecule has 1 unspecified atom stereocenters. The van der Waals surface area contributed by atoms with Gasteiger partial charge in [0.05, 0.1) is 12.8 Å². The van der Waals surface area contributed by atoms with Crippen molar-refractivity contribution in [3.63, 3.8) is 0 Å². The third kappa shape index (κ3) is 5.36. The van der Waals surface area contributed by atoms with E-state index in [4.69, 9.17) is 11.2 Å². The normalized spacial score (nSPS) is 16.4. The van der Waals surface area contributed by atoms with Crippen LogP contribution < -0.4 is 10.1 Å². The lowest BCUT2D eigenvalue weighted by molar-refractivity contribution is -0.113. The first kappa shape index (κ1) is 18.0. The fourth-order valence-electron chi connectivity index (χ4n) is 2.14. The van der Waals surface area contributed by atoms with Crippen molar-refractivity contribution in [3.05, 3.63) is 41.5 Å². The minimum Gasteiger partial charge on any atom is -0.497 e. The number of carbonyl (C=O) groups is 1. The summed E-state index contributed by atoms with van der Waals surface area (Å²) in [7, 11) is 1.62. The number of hydrogen-bond donors (Lipinski definition) is 1. The van der Waals surface area contributed by atoms with Crippen LogP contribution in [0.5, 0.6) is 5.75 Å². The van der Waals surface area contributed by atoms with Gasteiger partial charge in [-0.25, -0.2) is 0 Å². The van der Waals surface area contributed by atoms with Gasteiger partial charge in [-0.2, -0.15) is 0 Å². The molecule has 24 heavy (non-hydrogen) atoms. The van der Waals surface area contributed by atoms with E-state index in [-0.39, 0.29) is 5.78 Å². The number of rotatable bonds is 8. The van der Waals surface area contributed by atoms with Gasteiger partial charge < -0.3 is 4.74 Å². The third-order valence-electron chi connectivity index (χ3n) is 4.02. The number of ether oxygens (including phenoxy) is 1. The molecule has 1 aliphatic rings. The van der Waals surface area contributed by atoms with Crippen LogP contribution in [0.2, 0.25) is 0 Å². The second-order valence-corrected chi connectivity index (χ2v) is 6.05. The number of terminal acetylenes is 1. The Bertz CT molecular complexity index is 677. The average molecular weight is 324 g/mol. The molecule has 4 heteroatoms. The van der Waals surface area contributed by atoms with Gasteiger partial charge in [0, 0.05) is 12.1 Å². The first-order valence-electron chi connectivity index (χ1n) is 8.14. The zero-order valence-corrected chi connectivity index (χ0v) is 14.5. The highest BCUT2D eigenvalue weighted by Gasteiger charge is 2.21. The van der Waals surface area contributed by atoms with E-state index >= 15 is 0 Å². The Morgan fingerprint density at radius 3 is 2.58 bits per heavy atom. The standard InChI is InChI=1S/C20H24N2O2/c1-5-20(21-13-16-6-7-16)22-19(12-14(2)15(3)23)17-8-10-18(24-4)11-9-17/h1,8-12,16,20-21H,6-7,13H2,2-4H3/b14-12+,22-19+. The maximum atomic E-state index is 11.6. The van der Waals surface area contributed by atoms with Crippen molar-refractivity contribution >= 4 is 11.5 Å². The number of benzene rings is 1. The summed E-state index contributed by atoms with van der Waals surface area (Å²) in [6, 6.07) is 7.56. The van der Waals surface area contributed by atoms with E-state index in [2.05, 4.69) is 16.2 Å². The van der Waals surface area contributed by atoms with Crippen molar-refractivity contribution in [2.75, 3.05) is 13.7 Å². The van der Waals surface area contributed by atoms with Crippen molar-refractivity contribution in [1.29, 1.82) is 0 Å². The number of aliphatic imine (C=N–C) groups is 1. The van der Waals surface area contributed by atoms with Gasteiger partial charge in [-0.1, -0.05) is 5.92 Å². The number of nitrogens with one attached hydrogen (secondary N) is 1. The first-order valence-corrected chi connectivity index (χ1v) is 8.14. The maximum Gasteiger partial charge on any atom is 0.162 e. The minimum absolute atomic E-state index is 0.0133. The highest BCUT2D eigenvalue weighted by Crippen LogP contribution is 2.27. The lowest BCUT2D eigenvalue weighted by atomic mass is 10.1. The lowest BCUT2D eigenvalue weighted by Gasteiger charge is -2.11. The molecule has 1 N–H and O–H groups in total. The van der Waals surface area contributed by atoms with Gasteiger partial charge >= 0.3 is 0 Å². The third-order valence-corrected chi connectivity index (χ3v) is 4.02. The molecule has 1 aliphatic carbocycles. The topological polar surface area (TPSA) is 50.7 Å². The molecule has 0 saturated heterocycles. The smallest absolute Gasteiger partial charge is 0.162 e.